The highest BCUT2D eigenvalue weighted by atomic mass is 32.2. The maximum absolute atomic E-state index is 5.23. The molecule has 0 spiro atoms. The Bertz CT molecular complexity index is 355. The van der Waals surface area contributed by atoms with Crippen LogP contribution in [-0.4, -0.2) is 35.2 Å². The van der Waals surface area contributed by atoms with Gasteiger partial charge in [0.05, 0.1) is 12.7 Å². The van der Waals surface area contributed by atoms with E-state index in [1.165, 1.54) is 28.4 Å². The van der Waals surface area contributed by atoms with E-state index >= 15 is 0 Å². The Labute approximate surface area is 122 Å². The Morgan fingerprint density at radius 3 is 2.44 bits per heavy atom. The molecule has 0 radical (unpaired) electrons. The van der Waals surface area contributed by atoms with Crippen molar-refractivity contribution in [3.63, 3.8) is 0 Å². The van der Waals surface area contributed by atoms with E-state index in [9.17, 15) is 0 Å². The van der Waals surface area contributed by atoms with Gasteiger partial charge in [0.25, 0.3) is 0 Å². The molecular formula is C14H18OS3. The molecular weight excluding hydrogens is 280 g/mol. The fourth-order valence-electron chi connectivity index (χ4n) is 1.75. The van der Waals surface area contributed by atoms with Crippen molar-refractivity contribution >= 4 is 35.3 Å². The average molecular weight is 298 g/mol. The molecule has 1 nitrogen and oxygen atoms in total. The molecule has 2 heterocycles. The zero-order valence-electron chi connectivity index (χ0n) is 10.3. The van der Waals surface area contributed by atoms with Crippen LogP contribution in [-0.2, 0) is 16.2 Å². The van der Waals surface area contributed by atoms with Crippen LogP contribution < -0.4 is 0 Å². The topological polar surface area (TPSA) is 12.5 Å². The molecule has 2 fully saturated rings. The lowest BCUT2D eigenvalue weighted by atomic mass is 10.2. The molecule has 0 aromatic heterocycles. The summed E-state index contributed by atoms with van der Waals surface area (Å²) in [7, 11) is 0. The zero-order chi connectivity index (χ0) is 12.2. The van der Waals surface area contributed by atoms with Crippen LogP contribution in [0.25, 0.3) is 0 Å². The summed E-state index contributed by atoms with van der Waals surface area (Å²) >= 11 is 6.16. The first-order chi connectivity index (χ1) is 8.90. The van der Waals surface area contributed by atoms with E-state index in [1.807, 2.05) is 11.8 Å². The minimum absolute atomic E-state index is 0.546. The summed E-state index contributed by atoms with van der Waals surface area (Å²) in [4.78, 5) is 0. The van der Waals surface area contributed by atoms with Gasteiger partial charge in [0.2, 0.25) is 0 Å². The van der Waals surface area contributed by atoms with Gasteiger partial charge in [-0.2, -0.15) is 35.3 Å². The third-order valence-electron chi connectivity index (χ3n) is 2.94. The predicted octanol–water partition coefficient (Wildman–Crippen LogP) is 3.67. The van der Waals surface area contributed by atoms with E-state index in [0.717, 1.165) is 23.4 Å². The van der Waals surface area contributed by atoms with Gasteiger partial charge in [-0.25, -0.2) is 0 Å². The number of hydrogen-bond donors (Lipinski definition) is 0. The second-order valence-electron chi connectivity index (χ2n) is 4.76. The lowest BCUT2D eigenvalue weighted by molar-refractivity contribution is 0.426. The van der Waals surface area contributed by atoms with Crippen LogP contribution in [0, 0.1) is 0 Å². The molecule has 98 valence electrons. The van der Waals surface area contributed by atoms with Crippen LogP contribution in [0.4, 0.5) is 0 Å². The number of epoxide rings is 1. The van der Waals surface area contributed by atoms with Crippen LogP contribution in [0.1, 0.15) is 11.1 Å². The normalized spacial score (nSPS) is 25.1. The Kier molecular flexibility index (Phi) is 4.85. The van der Waals surface area contributed by atoms with Gasteiger partial charge in [0.15, 0.2) is 0 Å². The summed E-state index contributed by atoms with van der Waals surface area (Å²) in [5, 5.41) is 0.951. The summed E-state index contributed by atoms with van der Waals surface area (Å²) < 4.78 is 5.23. The molecule has 2 aliphatic rings. The SMILES string of the molecule is c1cc(CSCC2CO2)cc(CSCC2CS2)c1. The summed E-state index contributed by atoms with van der Waals surface area (Å²) in [5.41, 5.74) is 2.94. The molecule has 0 aliphatic carbocycles. The predicted molar refractivity (Wildman–Crippen MR) is 84.8 cm³/mol. The summed E-state index contributed by atoms with van der Waals surface area (Å²) in [6.45, 7) is 0.975. The van der Waals surface area contributed by atoms with Crippen molar-refractivity contribution in [1.82, 2.24) is 0 Å². The van der Waals surface area contributed by atoms with Crippen LogP contribution in [0.15, 0.2) is 24.3 Å². The van der Waals surface area contributed by atoms with Crippen molar-refractivity contribution in [2.24, 2.45) is 0 Å². The van der Waals surface area contributed by atoms with Crippen molar-refractivity contribution < 1.29 is 4.74 Å². The van der Waals surface area contributed by atoms with Crippen LogP contribution in [0.2, 0.25) is 0 Å². The summed E-state index contributed by atoms with van der Waals surface area (Å²) in [6, 6.07) is 9.07. The first-order valence-corrected chi connectivity index (χ1v) is 9.72. The molecule has 2 atom stereocenters. The number of thioether (sulfide) groups is 3. The fourth-order valence-corrected chi connectivity index (χ4v) is 4.73. The molecule has 2 unspecified atom stereocenters. The van der Waals surface area contributed by atoms with Crippen molar-refractivity contribution in [3.05, 3.63) is 35.4 Å². The van der Waals surface area contributed by atoms with E-state index in [4.69, 9.17) is 4.74 Å². The van der Waals surface area contributed by atoms with Crippen LogP contribution in [0.5, 0.6) is 0 Å². The maximum atomic E-state index is 5.23. The molecule has 3 rings (SSSR count). The highest BCUT2D eigenvalue weighted by Crippen LogP contribution is 2.33. The lowest BCUT2D eigenvalue weighted by Crippen LogP contribution is -1.92. The second-order valence-corrected chi connectivity index (χ2v) is 8.15. The molecule has 0 bridgehead atoms. The van der Waals surface area contributed by atoms with Gasteiger partial charge in [-0.15, -0.1) is 0 Å². The number of hydrogen-bond acceptors (Lipinski definition) is 4. The standard InChI is InChI=1S/C14H18OS3/c1-2-11(6-16-8-13-5-15-13)4-12(3-1)7-17-9-14-10-18-14/h1-4,13-14H,5-10H2. The van der Waals surface area contributed by atoms with Crippen molar-refractivity contribution in [1.29, 1.82) is 0 Å². The van der Waals surface area contributed by atoms with Gasteiger partial charge in [0.1, 0.15) is 0 Å². The molecule has 0 N–H and O–H groups in total. The van der Waals surface area contributed by atoms with E-state index in [1.54, 1.807) is 0 Å². The second kappa shape index (κ2) is 6.60. The molecule has 2 aliphatic heterocycles. The highest BCUT2D eigenvalue weighted by Gasteiger charge is 2.22. The molecule has 0 saturated carbocycles. The third-order valence-corrected chi connectivity index (χ3v) is 6.44. The number of ether oxygens (including phenoxy) is 1. The maximum Gasteiger partial charge on any atom is 0.0900 e. The van der Waals surface area contributed by atoms with Crippen molar-refractivity contribution in [2.75, 3.05) is 23.9 Å². The molecule has 4 heteroatoms. The van der Waals surface area contributed by atoms with Crippen molar-refractivity contribution in [3.8, 4) is 0 Å². The molecule has 1 aromatic carbocycles. The third kappa shape index (κ3) is 4.72. The Hall–Kier alpha value is 0.230. The minimum Gasteiger partial charge on any atom is -0.372 e. The van der Waals surface area contributed by atoms with Gasteiger partial charge in [-0.1, -0.05) is 24.3 Å². The van der Waals surface area contributed by atoms with Gasteiger partial charge < -0.3 is 4.74 Å². The van der Waals surface area contributed by atoms with E-state index in [2.05, 4.69) is 47.8 Å². The first-order valence-electron chi connectivity index (χ1n) is 6.36. The van der Waals surface area contributed by atoms with E-state index in [-0.39, 0.29) is 0 Å². The quantitative estimate of drug-likeness (QED) is 0.679. The monoisotopic (exact) mass is 298 g/mol. The van der Waals surface area contributed by atoms with Crippen LogP contribution >= 0.6 is 35.3 Å². The molecule has 18 heavy (non-hydrogen) atoms. The summed E-state index contributed by atoms with van der Waals surface area (Å²) in [6.07, 6.45) is 0.546. The average Bonchev–Trinajstić information content (AvgIpc) is 3.25. The molecule has 0 amide bonds. The van der Waals surface area contributed by atoms with Gasteiger partial charge >= 0.3 is 0 Å². The summed E-state index contributed by atoms with van der Waals surface area (Å²) in [5.74, 6) is 6.14. The largest absolute Gasteiger partial charge is 0.372 e. The van der Waals surface area contributed by atoms with Gasteiger partial charge in [0, 0.05) is 34.0 Å². The Morgan fingerprint density at radius 2 is 1.83 bits per heavy atom. The highest BCUT2D eigenvalue weighted by molar-refractivity contribution is 8.08. The van der Waals surface area contributed by atoms with Gasteiger partial charge in [-0.05, 0) is 11.1 Å². The number of benzene rings is 1. The Balaban J connectivity index is 1.41. The minimum atomic E-state index is 0.546. The Morgan fingerprint density at radius 1 is 1.17 bits per heavy atom. The fraction of sp³-hybridized carbons (Fsp3) is 0.571. The lowest BCUT2D eigenvalue weighted by Gasteiger charge is -2.05. The van der Waals surface area contributed by atoms with E-state index in [0.29, 0.717) is 6.10 Å². The molecule has 2 saturated heterocycles. The zero-order valence-corrected chi connectivity index (χ0v) is 12.8. The van der Waals surface area contributed by atoms with Gasteiger partial charge in [-0.3, -0.25) is 0 Å². The first kappa shape index (κ1) is 13.2. The smallest absolute Gasteiger partial charge is 0.0900 e. The number of rotatable bonds is 8. The van der Waals surface area contributed by atoms with Crippen LogP contribution in [0.3, 0.4) is 0 Å². The van der Waals surface area contributed by atoms with Crippen molar-refractivity contribution in [2.45, 2.75) is 22.9 Å². The molecule has 1 aromatic rings. The van der Waals surface area contributed by atoms with E-state index < -0.39 is 0 Å².